The molecule has 15 heavy (non-hydrogen) atoms. The molecule has 1 saturated carbocycles. The highest BCUT2D eigenvalue weighted by Crippen LogP contribution is 2.46. The molecule has 3 unspecified atom stereocenters. The highest BCUT2D eigenvalue weighted by Gasteiger charge is 2.38. The second-order valence-corrected chi connectivity index (χ2v) is 4.47. The number of hydrogen-bond donors (Lipinski definition) is 1. The van der Waals surface area contributed by atoms with Crippen molar-refractivity contribution < 1.29 is 4.42 Å². The van der Waals surface area contributed by atoms with Gasteiger partial charge in [0.25, 0.3) is 0 Å². The van der Waals surface area contributed by atoms with Crippen LogP contribution in [-0.2, 0) is 0 Å². The normalized spacial score (nSPS) is 26.6. The third-order valence-electron chi connectivity index (χ3n) is 2.95. The molecule has 1 aromatic heterocycles. The summed E-state index contributed by atoms with van der Waals surface area (Å²) < 4.78 is 5.65. The zero-order chi connectivity index (χ0) is 10.8. The third-order valence-corrected chi connectivity index (χ3v) is 2.95. The first-order valence-corrected chi connectivity index (χ1v) is 5.79. The van der Waals surface area contributed by atoms with Gasteiger partial charge >= 0.3 is 0 Å². The average molecular weight is 209 g/mol. The molecule has 4 nitrogen and oxygen atoms in total. The van der Waals surface area contributed by atoms with Crippen LogP contribution in [0, 0.1) is 5.92 Å². The lowest BCUT2D eigenvalue weighted by Crippen LogP contribution is -2.19. The van der Waals surface area contributed by atoms with Crippen LogP contribution in [0.5, 0.6) is 0 Å². The Morgan fingerprint density at radius 3 is 2.87 bits per heavy atom. The van der Waals surface area contributed by atoms with E-state index in [0.29, 0.717) is 5.92 Å². The molecule has 4 heteroatoms. The summed E-state index contributed by atoms with van der Waals surface area (Å²) in [5.74, 6) is 2.78. The van der Waals surface area contributed by atoms with Crippen LogP contribution in [0.25, 0.3) is 0 Å². The molecule has 1 aliphatic rings. The Bertz CT molecular complexity index is 323. The van der Waals surface area contributed by atoms with Crippen molar-refractivity contribution in [3.05, 3.63) is 11.8 Å². The van der Waals surface area contributed by atoms with Crippen LogP contribution in [0.1, 0.15) is 57.4 Å². The minimum atomic E-state index is 0.167. The molecule has 0 radical (unpaired) electrons. The summed E-state index contributed by atoms with van der Waals surface area (Å²) >= 11 is 0. The van der Waals surface area contributed by atoms with E-state index < -0.39 is 0 Å². The van der Waals surface area contributed by atoms with Gasteiger partial charge in [-0.05, 0) is 32.2 Å². The highest BCUT2D eigenvalue weighted by molar-refractivity contribution is 5.05. The van der Waals surface area contributed by atoms with Gasteiger partial charge in [-0.3, -0.25) is 0 Å². The summed E-state index contributed by atoms with van der Waals surface area (Å²) in [7, 11) is 0. The molecule has 0 spiro atoms. The van der Waals surface area contributed by atoms with Gasteiger partial charge in [0.1, 0.15) is 0 Å². The second-order valence-electron chi connectivity index (χ2n) is 4.47. The maximum absolute atomic E-state index is 5.65. The minimum Gasteiger partial charge on any atom is -0.423 e. The van der Waals surface area contributed by atoms with Crippen molar-refractivity contribution in [2.24, 2.45) is 5.92 Å². The number of aromatic nitrogens is 2. The molecule has 2 rings (SSSR count). The largest absolute Gasteiger partial charge is 0.423 e. The van der Waals surface area contributed by atoms with E-state index in [2.05, 4.69) is 36.3 Å². The number of nitrogens with one attached hydrogen (secondary N) is 1. The fourth-order valence-electron chi connectivity index (χ4n) is 1.69. The van der Waals surface area contributed by atoms with Crippen LogP contribution in [-0.4, -0.2) is 16.7 Å². The molecule has 1 N–H and O–H groups in total. The van der Waals surface area contributed by atoms with Crippen LogP contribution in [0.4, 0.5) is 0 Å². The zero-order valence-corrected chi connectivity index (χ0v) is 9.66. The van der Waals surface area contributed by atoms with Crippen LogP contribution < -0.4 is 5.32 Å². The first-order valence-electron chi connectivity index (χ1n) is 5.79. The standard InChI is InChI=1S/C11H19N3O/c1-4-5-12-8(3)10-13-14-11(15-10)9-6-7(9)2/h7-9,12H,4-6H2,1-3H3. The van der Waals surface area contributed by atoms with Crippen LogP contribution in [0.15, 0.2) is 4.42 Å². The summed E-state index contributed by atoms with van der Waals surface area (Å²) in [6.07, 6.45) is 2.31. The molecule has 3 atom stereocenters. The highest BCUT2D eigenvalue weighted by atomic mass is 16.4. The van der Waals surface area contributed by atoms with Crippen molar-refractivity contribution in [3.8, 4) is 0 Å². The molecule has 1 aromatic rings. The van der Waals surface area contributed by atoms with E-state index in [1.807, 2.05) is 0 Å². The third kappa shape index (κ3) is 2.37. The van der Waals surface area contributed by atoms with Crippen molar-refractivity contribution in [1.29, 1.82) is 0 Å². The monoisotopic (exact) mass is 209 g/mol. The SMILES string of the molecule is CCCNC(C)c1nnc(C2CC2C)o1. The predicted octanol–water partition coefficient (Wildman–Crippen LogP) is 2.25. The van der Waals surface area contributed by atoms with Crippen molar-refractivity contribution in [3.63, 3.8) is 0 Å². The van der Waals surface area contributed by atoms with E-state index in [1.165, 1.54) is 6.42 Å². The topological polar surface area (TPSA) is 51.0 Å². The molecule has 0 amide bonds. The Morgan fingerprint density at radius 1 is 1.53 bits per heavy atom. The molecule has 0 aromatic carbocycles. The number of nitrogens with zero attached hydrogens (tertiary/aromatic N) is 2. The molecule has 0 bridgehead atoms. The Hall–Kier alpha value is -0.900. The van der Waals surface area contributed by atoms with E-state index in [9.17, 15) is 0 Å². The van der Waals surface area contributed by atoms with Gasteiger partial charge in [0, 0.05) is 5.92 Å². The van der Waals surface area contributed by atoms with E-state index in [4.69, 9.17) is 4.42 Å². The van der Waals surface area contributed by atoms with Gasteiger partial charge < -0.3 is 9.73 Å². The van der Waals surface area contributed by atoms with Gasteiger partial charge in [0.2, 0.25) is 11.8 Å². The Morgan fingerprint density at radius 2 is 2.27 bits per heavy atom. The van der Waals surface area contributed by atoms with Gasteiger partial charge in [0.15, 0.2) is 0 Å². The molecule has 84 valence electrons. The Balaban J connectivity index is 1.94. The summed E-state index contributed by atoms with van der Waals surface area (Å²) in [4.78, 5) is 0. The van der Waals surface area contributed by atoms with Crippen molar-refractivity contribution in [1.82, 2.24) is 15.5 Å². The van der Waals surface area contributed by atoms with Crippen LogP contribution in [0.3, 0.4) is 0 Å². The summed E-state index contributed by atoms with van der Waals surface area (Å²) in [6, 6.07) is 0.167. The maximum Gasteiger partial charge on any atom is 0.233 e. The fourth-order valence-corrected chi connectivity index (χ4v) is 1.69. The molecule has 1 fully saturated rings. The van der Waals surface area contributed by atoms with Gasteiger partial charge in [-0.25, -0.2) is 0 Å². The molecular formula is C11H19N3O. The van der Waals surface area contributed by atoms with E-state index >= 15 is 0 Å². The van der Waals surface area contributed by atoms with Crippen molar-refractivity contribution >= 4 is 0 Å². The molecule has 1 aliphatic carbocycles. The van der Waals surface area contributed by atoms with E-state index in [-0.39, 0.29) is 6.04 Å². The van der Waals surface area contributed by atoms with Gasteiger partial charge in [0.05, 0.1) is 6.04 Å². The van der Waals surface area contributed by atoms with E-state index in [1.54, 1.807) is 0 Å². The minimum absolute atomic E-state index is 0.167. The Labute approximate surface area is 90.5 Å². The van der Waals surface area contributed by atoms with Crippen LogP contribution in [0.2, 0.25) is 0 Å². The summed E-state index contributed by atoms with van der Waals surface area (Å²) in [5, 5.41) is 11.5. The number of rotatable bonds is 5. The quantitative estimate of drug-likeness (QED) is 0.808. The predicted molar refractivity (Wildman–Crippen MR) is 57.5 cm³/mol. The summed E-state index contributed by atoms with van der Waals surface area (Å²) in [6.45, 7) is 7.40. The lowest BCUT2D eigenvalue weighted by atomic mass is 10.3. The average Bonchev–Trinajstić information content (AvgIpc) is 2.80. The number of hydrogen-bond acceptors (Lipinski definition) is 4. The zero-order valence-electron chi connectivity index (χ0n) is 9.66. The maximum atomic E-state index is 5.65. The first-order chi connectivity index (χ1) is 7.22. The molecule has 0 saturated heterocycles. The fraction of sp³-hybridized carbons (Fsp3) is 0.818. The van der Waals surface area contributed by atoms with Gasteiger partial charge in [-0.15, -0.1) is 10.2 Å². The van der Waals surface area contributed by atoms with Crippen molar-refractivity contribution in [2.75, 3.05) is 6.54 Å². The van der Waals surface area contributed by atoms with Crippen molar-refractivity contribution in [2.45, 2.75) is 45.6 Å². The molecule has 0 aliphatic heterocycles. The lowest BCUT2D eigenvalue weighted by molar-refractivity contribution is 0.391. The second kappa shape index (κ2) is 4.31. The van der Waals surface area contributed by atoms with Crippen LogP contribution >= 0.6 is 0 Å². The lowest BCUT2D eigenvalue weighted by Gasteiger charge is -2.07. The Kier molecular flexibility index (Phi) is 3.05. The first kappa shape index (κ1) is 10.6. The van der Waals surface area contributed by atoms with Gasteiger partial charge in [-0.1, -0.05) is 13.8 Å². The molecule has 1 heterocycles. The smallest absolute Gasteiger partial charge is 0.233 e. The molecular weight excluding hydrogens is 190 g/mol. The van der Waals surface area contributed by atoms with E-state index in [0.717, 1.165) is 30.7 Å². The summed E-state index contributed by atoms with van der Waals surface area (Å²) in [5.41, 5.74) is 0. The van der Waals surface area contributed by atoms with Gasteiger partial charge in [-0.2, -0.15) is 0 Å².